The number of rotatable bonds is 3. The van der Waals surface area contributed by atoms with Crippen molar-refractivity contribution in [3.8, 4) is 0 Å². The number of nitrogens with one attached hydrogen (secondary N) is 2. The third-order valence-corrected chi connectivity index (χ3v) is 1.87. The van der Waals surface area contributed by atoms with Crippen molar-refractivity contribution in [2.75, 3.05) is 6.54 Å². The van der Waals surface area contributed by atoms with E-state index in [1.54, 1.807) is 20.8 Å². The molecular weight excluding hydrogens is 268 g/mol. The van der Waals surface area contributed by atoms with Crippen LogP contribution in [0, 0.1) is 0 Å². The fraction of sp³-hybridized carbons (Fsp3) is 0.667. The molecule has 0 aromatic rings. The molecule has 0 spiro atoms. The summed E-state index contributed by atoms with van der Waals surface area (Å²) in [4.78, 5) is 41.2. The molecular formula is C12H20N2O6. The highest BCUT2D eigenvalue weighted by Gasteiger charge is 2.16. The first kappa shape index (κ1) is 17.9. The van der Waals surface area contributed by atoms with Crippen LogP contribution < -0.4 is 10.6 Å². The van der Waals surface area contributed by atoms with E-state index in [-0.39, 0.29) is 24.8 Å². The number of imide groups is 1. The monoisotopic (exact) mass is 288 g/mol. The summed E-state index contributed by atoms with van der Waals surface area (Å²) in [6, 6.07) is 0. The van der Waals surface area contributed by atoms with Crippen LogP contribution in [-0.4, -0.2) is 41.1 Å². The van der Waals surface area contributed by atoms with Crippen molar-refractivity contribution in [1.29, 1.82) is 0 Å². The molecule has 0 atom stereocenters. The Labute approximate surface area is 116 Å². The standard InChI is InChI=1S/C8H15NO4.C4H5NO2/c1-8(2,3)13-7(12)9-5-4-6(10)11;6-3-1-2-4(7)5-3/h4-5H2,1-3H3,(H,9,12)(H,10,11);1-2H2,(H,5,6,7). The lowest BCUT2D eigenvalue weighted by atomic mass is 10.2. The summed E-state index contributed by atoms with van der Waals surface area (Å²) in [7, 11) is 0. The summed E-state index contributed by atoms with van der Waals surface area (Å²) in [5, 5.41) is 12.7. The van der Waals surface area contributed by atoms with Crippen molar-refractivity contribution >= 4 is 23.9 Å². The van der Waals surface area contributed by atoms with Crippen LogP contribution in [0.25, 0.3) is 0 Å². The molecule has 0 aromatic carbocycles. The van der Waals surface area contributed by atoms with Gasteiger partial charge in [0, 0.05) is 19.4 Å². The first-order chi connectivity index (χ1) is 9.10. The summed E-state index contributed by atoms with van der Waals surface area (Å²) in [6.45, 7) is 5.31. The van der Waals surface area contributed by atoms with Gasteiger partial charge in [0.25, 0.3) is 0 Å². The van der Waals surface area contributed by atoms with Crippen LogP contribution in [0.2, 0.25) is 0 Å². The molecule has 1 saturated heterocycles. The van der Waals surface area contributed by atoms with E-state index in [1.165, 1.54) is 0 Å². The van der Waals surface area contributed by atoms with Gasteiger partial charge in [-0.2, -0.15) is 0 Å². The average molecular weight is 288 g/mol. The summed E-state index contributed by atoms with van der Waals surface area (Å²) in [6.07, 6.45) is 0.0606. The Morgan fingerprint density at radius 3 is 2.05 bits per heavy atom. The number of hydrogen-bond acceptors (Lipinski definition) is 5. The van der Waals surface area contributed by atoms with Crippen molar-refractivity contribution in [3.63, 3.8) is 0 Å². The van der Waals surface area contributed by atoms with Crippen molar-refractivity contribution in [2.24, 2.45) is 0 Å². The Kier molecular flexibility index (Phi) is 7.27. The van der Waals surface area contributed by atoms with Gasteiger partial charge in [0.1, 0.15) is 5.60 Å². The van der Waals surface area contributed by atoms with Gasteiger partial charge in [-0.25, -0.2) is 4.79 Å². The van der Waals surface area contributed by atoms with E-state index in [0.29, 0.717) is 12.8 Å². The number of carboxylic acids is 1. The number of carbonyl (C=O) groups excluding carboxylic acids is 3. The quantitative estimate of drug-likeness (QED) is 0.646. The van der Waals surface area contributed by atoms with E-state index in [9.17, 15) is 19.2 Å². The van der Waals surface area contributed by atoms with Gasteiger partial charge in [-0.15, -0.1) is 0 Å². The first-order valence-corrected chi connectivity index (χ1v) is 6.11. The van der Waals surface area contributed by atoms with Gasteiger partial charge >= 0.3 is 12.1 Å². The lowest BCUT2D eigenvalue weighted by Gasteiger charge is -2.19. The van der Waals surface area contributed by atoms with E-state index in [2.05, 4.69) is 10.6 Å². The Hall–Kier alpha value is -2.12. The van der Waals surface area contributed by atoms with Crippen LogP contribution in [0.4, 0.5) is 4.79 Å². The van der Waals surface area contributed by atoms with Gasteiger partial charge < -0.3 is 15.2 Å². The van der Waals surface area contributed by atoms with E-state index >= 15 is 0 Å². The molecule has 0 bridgehead atoms. The zero-order valence-corrected chi connectivity index (χ0v) is 11.8. The van der Waals surface area contributed by atoms with Crippen molar-refractivity contribution in [3.05, 3.63) is 0 Å². The number of aliphatic carboxylic acids is 1. The SMILES string of the molecule is CC(C)(C)OC(=O)NCCC(=O)O.O=C1CCC(=O)N1. The minimum absolute atomic E-state index is 0.0875. The van der Waals surface area contributed by atoms with Crippen LogP contribution in [0.15, 0.2) is 0 Å². The van der Waals surface area contributed by atoms with E-state index < -0.39 is 17.7 Å². The second kappa shape index (κ2) is 8.13. The van der Waals surface area contributed by atoms with Gasteiger partial charge in [0.15, 0.2) is 0 Å². The Morgan fingerprint density at radius 2 is 1.75 bits per heavy atom. The maximum Gasteiger partial charge on any atom is 0.407 e. The second-order valence-corrected chi connectivity index (χ2v) is 5.04. The summed E-state index contributed by atoms with van der Waals surface area (Å²) >= 11 is 0. The van der Waals surface area contributed by atoms with Crippen molar-refractivity contribution in [2.45, 2.75) is 45.6 Å². The highest BCUT2D eigenvalue weighted by molar-refractivity contribution is 6.01. The largest absolute Gasteiger partial charge is 0.481 e. The second-order valence-electron chi connectivity index (χ2n) is 5.04. The Morgan fingerprint density at radius 1 is 1.25 bits per heavy atom. The molecule has 0 radical (unpaired) electrons. The number of ether oxygens (including phenoxy) is 1. The van der Waals surface area contributed by atoms with Crippen LogP contribution in [0.1, 0.15) is 40.0 Å². The minimum Gasteiger partial charge on any atom is -0.481 e. The maximum atomic E-state index is 10.9. The third-order valence-electron chi connectivity index (χ3n) is 1.87. The van der Waals surface area contributed by atoms with Gasteiger partial charge in [0.05, 0.1) is 6.42 Å². The molecule has 1 fully saturated rings. The van der Waals surface area contributed by atoms with Crippen LogP contribution in [-0.2, 0) is 19.1 Å². The molecule has 1 aliphatic rings. The van der Waals surface area contributed by atoms with E-state index in [1.807, 2.05) is 0 Å². The van der Waals surface area contributed by atoms with Gasteiger partial charge in [-0.05, 0) is 20.8 Å². The predicted octanol–water partition coefficient (Wildman–Crippen LogP) is 0.409. The fourth-order valence-electron chi connectivity index (χ4n) is 1.09. The fourth-order valence-corrected chi connectivity index (χ4v) is 1.09. The molecule has 20 heavy (non-hydrogen) atoms. The summed E-state index contributed by atoms with van der Waals surface area (Å²) < 4.78 is 4.88. The summed E-state index contributed by atoms with van der Waals surface area (Å²) in [5.41, 5.74) is -0.548. The minimum atomic E-state index is -0.948. The average Bonchev–Trinajstić information content (AvgIpc) is 2.60. The first-order valence-electron chi connectivity index (χ1n) is 6.11. The molecule has 0 aliphatic carbocycles. The number of alkyl carbamates (subject to hydrolysis) is 1. The number of carboxylic acid groups (broad SMARTS) is 1. The molecule has 114 valence electrons. The molecule has 3 N–H and O–H groups in total. The van der Waals surface area contributed by atoms with Gasteiger partial charge in [-0.3, -0.25) is 19.7 Å². The topological polar surface area (TPSA) is 122 Å². The zero-order chi connectivity index (χ0) is 15.8. The molecule has 8 heteroatoms. The highest BCUT2D eigenvalue weighted by Crippen LogP contribution is 2.06. The Balaban J connectivity index is 0.000000428. The van der Waals surface area contributed by atoms with E-state index in [4.69, 9.17) is 9.84 Å². The van der Waals surface area contributed by atoms with Gasteiger partial charge in [0.2, 0.25) is 11.8 Å². The number of carbonyl (C=O) groups is 4. The molecule has 0 aromatic heterocycles. The van der Waals surface area contributed by atoms with Crippen LogP contribution in [0.5, 0.6) is 0 Å². The van der Waals surface area contributed by atoms with Crippen LogP contribution in [0.3, 0.4) is 0 Å². The van der Waals surface area contributed by atoms with E-state index in [0.717, 1.165) is 0 Å². The molecule has 1 aliphatic heterocycles. The van der Waals surface area contributed by atoms with Crippen molar-refractivity contribution in [1.82, 2.24) is 10.6 Å². The van der Waals surface area contributed by atoms with Crippen molar-refractivity contribution < 1.29 is 29.0 Å². The lowest BCUT2D eigenvalue weighted by molar-refractivity contribution is -0.137. The smallest absolute Gasteiger partial charge is 0.407 e. The normalized spacial score (nSPS) is 13.9. The van der Waals surface area contributed by atoms with Crippen LogP contribution >= 0.6 is 0 Å². The molecule has 1 heterocycles. The predicted molar refractivity (Wildman–Crippen MR) is 68.9 cm³/mol. The summed E-state index contributed by atoms with van der Waals surface area (Å²) in [5.74, 6) is -1.24. The zero-order valence-electron chi connectivity index (χ0n) is 11.8. The Bertz CT molecular complexity index is 372. The third kappa shape index (κ3) is 11.0. The maximum absolute atomic E-state index is 10.9. The molecule has 0 saturated carbocycles. The lowest BCUT2D eigenvalue weighted by Crippen LogP contribution is -2.33. The molecule has 0 unspecified atom stereocenters. The number of amides is 3. The highest BCUT2D eigenvalue weighted by atomic mass is 16.6. The number of hydrogen-bond donors (Lipinski definition) is 3. The molecule has 3 amide bonds. The molecule has 1 rings (SSSR count). The van der Waals surface area contributed by atoms with Gasteiger partial charge in [-0.1, -0.05) is 0 Å². The molecule has 8 nitrogen and oxygen atoms in total.